The monoisotopic (exact) mass is 208 g/mol. The van der Waals surface area contributed by atoms with Gasteiger partial charge in [-0.1, -0.05) is 0 Å². The molecule has 1 aromatic heterocycles. The molecule has 3 nitrogen and oxygen atoms in total. The molecule has 1 fully saturated rings. The summed E-state index contributed by atoms with van der Waals surface area (Å²) < 4.78 is 5.54. The lowest BCUT2D eigenvalue weighted by molar-refractivity contribution is 0.155. The molecule has 2 N–H and O–H groups in total. The SMILES string of the molecule is Cc1ccc(CN(C)CC2(N)CCC2)o1. The Morgan fingerprint density at radius 2 is 2.20 bits per heavy atom. The van der Waals surface area contributed by atoms with Gasteiger partial charge in [-0.15, -0.1) is 0 Å². The van der Waals surface area contributed by atoms with Crippen molar-refractivity contribution in [2.45, 2.75) is 38.3 Å². The Morgan fingerprint density at radius 1 is 1.47 bits per heavy atom. The normalized spacial score (nSPS) is 19.2. The fraction of sp³-hybridized carbons (Fsp3) is 0.667. The molecule has 1 aliphatic rings. The van der Waals surface area contributed by atoms with E-state index in [0.717, 1.165) is 37.5 Å². The lowest BCUT2D eigenvalue weighted by Gasteiger charge is -2.40. The minimum Gasteiger partial charge on any atom is -0.465 e. The standard InChI is InChI=1S/C12H20N2O/c1-10-4-5-11(15-10)8-14(2)9-12(13)6-3-7-12/h4-5H,3,6-9,13H2,1-2H3. The molecule has 0 unspecified atom stereocenters. The molecule has 84 valence electrons. The van der Waals surface area contributed by atoms with E-state index in [1.807, 2.05) is 19.1 Å². The highest BCUT2D eigenvalue weighted by Crippen LogP contribution is 2.29. The third-order valence-corrected chi connectivity index (χ3v) is 3.16. The summed E-state index contributed by atoms with van der Waals surface area (Å²) in [5.74, 6) is 2.00. The maximum Gasteiger partial charge on any atom is 0.118 e. The van der Waals surface area contributed by atoms with E-state index in [4.69, 9.17) is 10.2 Å². The summed E-state index contributed by atoms with van der Waals surface area (Å²) >= 11 is 0. The molecule has 0 atom stereocenters. The Hall–Kier alpha value is -0.800. The lowest BCUT2D eigenvalue weighted by atomic mass is 9.77. The Morgan fingerprint density at radius 3 is 2.67 bits per heavy atom. The zero-order chi connectivity index (χ0) is 10.9. The molecule has 0 amide bonds. The summed E-state index contributed by atoms with van der Waals surface area (Å²) in [6.45, 7) is 3.79. The van der Waals surface area contributed by atoms with Crippen molar-refractivity contribution in [2.24, 2.45) is 5.73 Å². The van der Waals surface area contributed by atoms with Crippen molar-refractivity contribution in [3.8, 4) is 0 Å². The Balaban J connectivity index is 1.84. The van der Waals surface area contributed by atoms with Gasteiger partial charge in [0, 0.05) is 12.1 Å². The van der Waals surface area contributed by atoms with Gasteiger partial charge in [0.15, 0.2) is 0 Å². The first-order chi connectivity index (χ1) is 7.07. The highest BCUT2D eigenvalue weighted by atomic mass is 16.3. The second-order valence-corrected chi connectivity index (χ2v) is 4.90. The van der Waals surface area contributed by atoms with Crippen LogP contribution in [-0.4, -0.2) is 24.0 Å². The average molecular weight is 208 g/mol. The van der Waals surface area contributed by atoms with Crippen LogP contribution in [0.25, 0.3) is 0 Å². The van der Waals surface area contributed by atoms with Gasteiger partial charge in [-0.25, -0.2) is 0 Å². The van der Waals surface area contributed by atoms with Crippen LogP contribution < -0.4 is 5.73 Å². The number of furan rings is 1. The number of likely N-dealkylation sites (N-methyl/N-ethyl adjacent to an activating group) is 1. The molecule has 0 bridgehead atoms. The molecule has 1 aliphatic carbocycles. The van der Waals surface area contributed by atoms with E-state index in [0.29, 0.717) is 0 Å². The number of aryl methyl sites for hydroxylation is 1. The van der Waals surface area contributed by atoms with Crippen molar-refractivity contribution in [3.63, 3.8) is 0 Å². The maximum absolute atomic E-state index is 6.19. The van der Waals surface area contributed by atoms with Crippen LogP contribution >= 0.6 is 0 Å². The topological polar surface area (TPSA) is 42.4 Å². The summed E-state index contributed by atoms with van der Waals surface area (Å²) in [5, 5.41) is 0. The molecular formula is C12H20N2O. The van der Waals surface area contributed by atoms with Gasteiger partial charge < -0.3 is 10.2 Å². The molecule has 0 spiro atoms. The third kappa shape index (κ3) is 2.61. The highest BCUT2D eigenvalue weighted by Gasteiger charge is 2.33. The van der Waals surface area contributed by atoms with Gasteiger partial charge in [0.2, 0.25) is 0 Å². The van der Waals surface area contributed by atoms with Crippen LogP contribution in [0.5, 0.6) is 0 Å². The Bertz CT molecular complexity index is 328. The third-order valence-electron chi connectivity index (χ3n) is 3.16. The molecular weight excluding hydrogens is 188 g/mol. The number of rotatable bonds is 4. The van der Waals surface area contributed by atoms with Crippen LogP contribution in [0.4, 0.5) is 0 Å². The van der Waals surface area contributed by atoms with Gasteiger partial charge in [0.05, 0.1) is 6.54 Å². The van der Waals surface area contributed by atoms with Crippen molar-refractivity contribution >= 4 is 0 Å². The van der Waals surface area contributed by atoms with Gasteiger partial charge in [-0.3, -0.25) is 4.90 Å². The Labute approximate surface area is 91.2 Å². The van der Waals surface area contributed by atoms with Crippen molar-refractivity contribution in [2.75, 3.05) is 13.6 Å². The molecule has 0 aromatic carbocycles. The molecule has 0 radical (unpaired) electrons. The molecule has 15 heavy (non-hydrogen) atoms. The quantitative estimate of drug-likeness (QED) is 0.821. The van der Waals surface area contributed by atoms with Crippen molar-refractivity contribution in [1.29, 1.82) is 0 Å². The van der Waals surface area contributed by atoms with Crippen LogP contribution in [0.15, 0.2) is 16.5 Å². The van der Waals surface area contributed by atoms with E-state index >= 15 is 0 Å². The first-order valence-corrected chi connectivity index (χ1v) is 5.60. The predicted octanol–water partition coefficient (Wildman–Crippen LogP) is 1.90. The van der Waals surface area contributed by atoms with Gasteiger partial charge >= 0.3 is 0 Å². The van der Waals surface area contributed by atoms with E-state index in [1.165, 1.54) is 6.42 Å². The van der Waals surface area contributed by atoms with Crippen molar-refractivity contribution < 1.29 is 4.42 Å². The van der Waals surface area contributed by atoms with Gasteiger partial charge in [0.1, 0.15) is 11.5 Å². The zero-order valence-corrected chi connectivity index (χ0v) is 9.62. The fourth-order valence-corrected chi connectivity index (χ4v) is 2.22. The number of hydrogen-bond acceptors (Lipinski definition) is 3. The average Bonchev–Trinajstić information content (AvgIpc) is 2.48. The Kier molecular flexibility index (Phi) is 2.85. The number of nitrogens with zero attached hydrogens (tertiary/aromatic N) is 1. The molecule has 3 heteroatoms. The van der Waals surface area contributed by atoms with Crippen LogP contribution in [-0.2, 0) is 6.54 Å². The molecule has 0 aliphatic heterocycles. The zero-order valence-electron chi connectivity index (χ0n) is 9.62. The highest BCUT2D eigenvalue weighted by molar-refractivity contribution is 5.05. The predicted molar refractivity (Wildman–Crippen MR) is 60.5 cm³/mol. The minimum absolute atomic E-state index is 0.0659. The molecule has 1 aromatic rings. The van der Waals surface area contributed by atoms with Crippen LogP contribution in [0.3, 0.4) is 0 Å². The first kappa shape index (κ1) is 10.7. The van der Waals surface area contributed by atoms with E-state index in [9.17, 15) is 0 Å². The summed E-state index contributed by atoms with van der Waals surface area (Å²) in [4.78, 5) is 2.25. The summed E-state index contributed by atoms with van der Waals surface area (Å²) in [7, 11) is 2.10. The first-order valence-electron chi connectivity index (χ1n) is 5.60. The summed E-state index contributed by atoms with van der Waals surface area (Å²) in [6.07, 6.45) is 3.60. The largest absolute Gasteiger partial charge is 0.465 e. The van der Waals surface area contributed by atoms with E-state index < -0.39 is 0 Å². The second-order valence-electron chi connectivity index (χ2n) is 4.90. The van der Waals surface area contributed by atoms with Crippen LogP contribution in [0.2, 0.25) is 0 Å². The van der Waals surface area contributed by atoms with Crippen LogP contribution in [0.1, 0.15) is 30.8 Å². The molecule has 2 rings (SSSR count). The van der Waals surface area contributed by atoms with Gasteiger partial charge in [-0.05, 0) is 45.4 Å². The number of hydrogen-bond donors (Lipinski definition) is 1. The van der Waals surface area contributed by atoms with E-state index in [2.05, 4.69) is 11.9 Å². The fourth-order valence-electron chi connectivity index (χ4n) is 2.22. The van der Waals surface area contributed by atoms with Crippen molar-refractivity contribution in [3.05, 3.63) is 23.7 Å². The van der Waals surface area contributed by atoms with Crippen LogP contribution in [0, 0.1) is 6.92 Å². The second kappa shape index (κ2) is 3.99. The maximum atomic E-state index is 6.19. The summed E-state index contributed by atoms with van der Waals surface area (Å²) in [5.41, 5.74) is 6.26. The molecule has 1 saturated carbocycles. The van der Waals surface area contributed by atoms with E-state index in [-0.39, 0.29) is 5.54 Å². The molecule has 1 heterocycles. The van der Waals surface area contributed by atoms with Gasteiger partial charge in [0.25, 0.3) is 0 Å². The van der Waals surface area contributed by atoms with Crippen molar-refractivity contribution in [1.82, 2.24) is 4.90 Å². The lowest BCUT2D eigenvalue weighted by Crippen LogP contribution is -2.54. The smallest absolute Gasteiger partial charge is 0.118 e. The number of nitrogens with two attached hydrogens (primary N) is 1. The van der Waals surface area contributed by atoms with E-state index in [1.54, 1.807) is 0 Å². The molecule has 0 saturated heterocycles. The van der Waals surface area contributed by atoms with Gasteiger partial charge in [-0.2, -0.15) is 0 Å². The summed E-state index contributed by atoms with van der Waals surface area (Å²) in [6, 6.07) is 4.04. The minimum atomic E-state index is 0.0659.